The normalized spacial score (nSPS) is 11.0. The second-order valence-electron chi connectivity index (χ2n) is 8.75. The van der Waals surface area contributed by atoms with Crippen molar-refractivity contribution in [2.75, 3.05) is 43.4 Å². The Morgan fingerprint density at radius 3 is 1.98 bits per heavy atom. The molecule has 0 bridgehead atoms. The van der Waals surface area contributed by atoms with Crippen LogP contribution in [0.2, 0.25) is 0 Å². The molecule has 0 aliphatic heterocycles. The Kier molecular flexibility index (Phi) is 12.4. The van der Waals surface area contributed by atoms with Crippen molar-refractivity contribution in [3.63, 3.8) is 0 Å². The number of nitrogens with two attached hydrogens (primary N) is 1. The van der Waals surface area contributed by atoms with Crippen LogP contribution in [0.15, 0.2) is 59.7 Å². The third-order valence-corrected chi connectivity index (χ3v) is 8.84. The number of benzene rings is 2. The van der Waals surface area contributed by atoms with Crippen molar-refractivity contribution in [2.45, 2.75) is 6.54 Å². The average Bonchev–Trinajstić information content (AvgIpc) is 3.45. The molecule has 4 aromatic rings. The number of nitrogens with one attached hydrogen (secondary N) is 1. The minimum atomic E-state index is -1.52. The molecule has 3 N–H and O–H groups in total. The third-order valence-electron chi connectivity index (χ3n) is 5.77. The number of rotatable bonds is 15. The van der Waals surface area contributed by atoms with Crippen molar-refractivity contribution in [3.05, 3.63) is 87.5 Å². The van der Waals surface area contributed by atoms with E-state index in [4.69, 9.17) is 30.0 Å². The van der Waals surface area contributed by atoms with Gasteiger partial charge in [0, 0.05) is 29.2 Å². The first-order valence-corrected chi connectivity index (χ1v) is 16.4. The lowest BCUT2D eigenvalue weighted by molar-refractivity contribution is 0.108. The van der Waals surface area contributed by atoms with Crippen LogP contribution in [0.25, 0.3) is 11.2 Å². The molecule has 0 fully saturated rings. The summed E-state index contributed by atoms with van der Waals surface area (Å²) in [6.07, 6.45) is 1.61. The zero-order valence-corrected chi connectivity index (χ0v) is 25.7. The van der Waals surface area contributed by atoms with Gasteiger partial charge in [-0.1, -0.05) is 23.5 Å². The van der Waals surface area contributed by atoms with Crippen LogP contribution in [0.5, 0.6) is 0 Å². The van der Waals surface area contributed by atoms with Crippen molar-refractivity contribution in [2.24, 2.45) is 0 Å². The summed E-state index contributed by atoms with van der Waals surface area (Å²) in [6, 6.07) is 16.8. The summed E-state index contributed by atoms with van der Waals surface area (Å²) >= 11 is 2.18. The highest BCUT2D eigenvalue weighted by Crippen LogP contribution is 2.38. The van der Waals surface area contributed by atoms with E-state index in [1.807, 2.05) is 12.1 Å². The lowest BCUT2D eigenvalue weighted by Gasteiger charge is -2.17. The van der Waals surface area contributed by atoms with Gasteiger partial charge in [0.25, 0.3) is 5.56 Å². The number of anilines is 1. The van der Waals surface area contributed by atoms with Crippen molar-refractivity contribution in [1.29, 1.82) is 10.5 Å². The van der Waals surface area contributed by atoms with Crippen LogP contribution < -0.4 is 11.3 Å². The molecule has 2 aromatic carbocycles. The maximum Gasteiger partial charge on any atom is 0.280 e. The van der Waals surface area contributed by atoms with Crippen LogP contribution in [-0.4, -0.2) is 67.4 Å². The van der Waals surface area contributed by atoms with Crippen LogP contribution in [0, 0.1) is 22.7 Å². The predicted molar refractivity (Wildman–Crippen MR) is 168 cm³/mol. The van der Waals surface area contributed by atoms with E-state index in [2.05, 4.69) is 15.0 Å². The fourth-order valence-electron chi connectivity index (χ4n) is 3.62. The minimum absolute atomic E-state index is 0.0124. The monoisotopic (exact) mass is 651 g/mol. The van der Waals surface area contributed by atoms with Gasteiger partial charge in [-0.3, -0.25) is 19.4 Å². The van der Waals surface area contributed by atoms with Gasteiger partial charge in [0.1, 0.15) is 6.35 Å². The molecule has 2 heterocycles. The third kappa shape index (κ3) is 9.46. The zero-order chi connectivity index (χ0) is 31.3. The molecule has 13 nitrogen and oxygen atoms in total. The Morgan fingerprint density at radius 1 is 0.909 bits per heavy atom. The Balaban J connectivity index is 1.25. The molecule has 0 aliphatic carbocycles. The summed E-state index contributed by atoms with van der Waals surface area (Å²) in [6.45, 7) is 1.02. The van der Waals surface area contributed by atoms with Crippen LogP contribution in [0.1, 0.15) is 31.8 Å². The zero-order valence-electron chi connectivity index (χ0n) is 23.2. The van der Waals surface area contributed by atoms with E-state index in [-0.39, 0.29) is 47.9 Å². The fourth-order valence-corrected chi connectivity index (χ4v) is 6.27. The lowest BCUT2D eigenvalue weighted by atomic mass is 10.2. The van der Waals surface area contributed by atoms with Crippen molar-refractivity contribution < 1.29 is 23.4 Å². The van der Waals surface area contributed by atoms with E-state index in [1.165, 1.54) is 6.33 Å². The first-order valence-electron chi connectivity index (χ1n) is 13.0. The van der Waals surface area contributed by atoms with Crippen molar-refractivity contribution >= 4 is 59.2 Å². The second kappa shape index (κ2) is 16.7. The standard InChI is InChI=1S/C28H26N7O6PS2/c29-15-19-1-5-21(6-2-19)26(37)43-13-11-40-42(41-12-14-44-27(38)22-7-3-20(16-30)4-8-22)18-39-10-9-35-17-32-23-24(35)33-28(31)34-25(23)36/h1-8,17H,9-14,18H2,(H3,31,33,34,36). The minimum Gasteiger partial charge on any atom is -0.370 e. The Labute approximate surface area is 261 Å². The molecule has 16 heteroatoms. The molecule has 0 saturated heterocycles. The molecule has 44 heavy (non-hydrogen) atoms. The molecule has 2 aromatic heterocycles. The number of hydrogen-bond acceptors (Lipinski definition) is 13. The summed E-state index contributed by atoms with van der Waals surface area (Å²) in [7, 11) is -1.52. The fraction of sp³-hybridized carbons (Fsp3) is 0.250. The smallest absolute Gasteiger partial charge is 0.280 e. The number of nitriles is 2. The number of aromatic nitrogens is 4. The molecule has 0 radical (unpaired) electrons. The van der Waals surface area contributed by atoms with Crippen LogP contribution in [0.3, 0.4) is 0 Å². The van der Waals surface area contributed by atoms with Gasteiger partial charge in [0.15, 0.2) is 19.5 Å². The van der Waals surface area contributed by atoms with Gasteiger partial charge >= 0.3 is 0 Å². The van der Waals surface area contributed by atoms with Crippen LogP contribution >= 0.6 is 31.9 Å². The number of imidazole rings is 1. The first kappa shape index (κ1) is 32.8. The number of fused-ring (bicyclic) bond motifs is 1. The number of aromatic amines is 1. The number of nitrogen functional groups attached to an aromatic ring is 1. The Hall–Kier alpha value is -4.08. The van der Waals surface area contributed by atoms with Gasteiger partial charge in [0.05, 0.1) is 49.4 Å². The number of carbonyl (C=O) groups excluding carboxylic acids is 2. The number of carbonyl (C=O) groups is 2. The highest BCUT2D eigenvalue weighted by atomic mass is 32.2. The van der Waals surface area contributed by atoms with E-state index in [0.717, 1.165) is 23.5 Å². The Morgan fingerprint density at radius 2 is 1.45 bits per heavy atom. The van der Waals surface area contributed by atoms with E-state index in [0.29, 0.717) is 46.0 Å². The predicted octanol–water partition coefficient (Wildman–Crippen LogP) is 3.91. The van der Waals surface area contributed by atoms with E-state index in [1.54, 1.807) is 53.1 Å². The summed E-state index contributed by atoms with van der Waals surface area (Å²) in [5.74, 6) is 0.729. The number of H-pyrrole nitrogens is 1. The molecule has 4 rings (SSSR count). The van der Waals surface area contributed by atoms with Gasteiger partial charge in [-0.15, -0.1) is 0 Å². The number of thioether (sulfide) groups is 2. The maximum atomic E-state index is 12.5. The van der Waals surface area contributed by atoms with Gasteiger partial charge in [0.2, 0.25) is 16.2 Å². The molecule has 0 amide bonds. The molecule has 0 saturated carbocycles. The van der Waals surface area contributed by atoms with Gasteiger partial charge in [-0.05, 0) is 48.5 Å². The first-order chi connectivity index (χ1) is 21.4. The van der Waals surface area contributed by atoms with Crippen molar-refractivity contribution in [3.8, 4) is 12.1 Å². The highest BCUT2D eigenvalue weighted by Gasteiger charge is 2.15. The topological polar surface area (TPSA) is 199 Å². The van der Waals surface area contributed by atoms with E-state index >= 15 is 0 Å². The summed E-state index contributed by atoms with van der Waals surface area (Å²) in [4.78, 5) is 47.5. The number of nitrogens with zero attached hydrogens (tertiary/aromatic N) is 5. The van der Waals surface area contributed by atoms with Crippen molar-refractivity contribution in [1.82, 2.24) is 19.5 Å². The molecule has 0 aliphatic rings. The van der Waals surface area contributed by atoms with Crippen LogP contribution in [-0.2, 0) is 20.3 Å². The number of hydrogen-bond donors (Lipinski definition) is 2. The Bertz CT molecular complexity index is 1660. The quantitative estimate of drug-likeness (QED) is 0.139. The molecule has 0 unspecified atom stereocenters. The largest absolute Gasteiger partial charge is 0.370 e. The number of ether oxygens (including phenoxy) is 1. The molecule has 226 valence electrons. The van der Waals surface area contributed by atoms with E-state index < -0.39 is 13.9 Å². The van der Waals surface area contributed by atoms with E-state index in [9.17, 15) is 14.4 Å². The van der Waals surface area contributed by atoms with Crippen LogP contribution in [0.4, 0.5) is 5.95 Å². The molecule has 0 atom stereocenters. The summed E-state index contributed by atoms with van der Waals surface area (Å²) < 4.78 is 19.3. The molecule has 0 spiro atoms. The maximum absolute atomic E-state index is 12.5. The summed E-state index contributed by atoms with van der Waals surface area (Å²) in [5, 5.41) is 17.6. The highest BCUT2D eigenvalue weighted by molar-refractivity contribution is 8.14. The molecular formula is C28H26N7O6PS2. The lowest BCUT2D eigenvalue weighted by Crippen LogP contribution is -2.13. The average molecular weight is 652 g/mol. The van der Waals surface area contributed by atoms with Gasteiger partial charge in [-0.2, -0.15) is 15.5 Å². The van der Waals surface area contributed by atoms with Gasteiger partial charge in [-0.25, -0.2) is 4.98 Å². The van der Waals surface area contributed by atoms with Gasteiger partial charge < -0.3 is 24.1 Å². The molecular weight excluding hydrogens is 625 g/mol. The second-order valence-corrected chi connectivity index (χ2v) is 12.3. The SMILES string of the molecule is N#Cc1ccc(C(=O)SCCOP(COCCn2cnc3c(=O)[nH]c(N)nc32)OCCSC(=O)c2ccc(C#N)cc2)cc1. The summed E-state index contributed by atoms with van der Waals surface area (Å²) in [5.41, 5.74) is 7.68.